The first kappa shape index (κ1) is 13.5. The maximum absolute atomic E-state index is 11.6. The molecule has 18 heavy (non-hydrogen) atoms. The molecule has 0 fully saturated rings. The fraction of sp³-hybridized carbons (Fsp3) is 0.667. The Balaban J connectivity index is 2.43. The molecule has 0 radical (unpaired) electrons. The molecular formula is C15H22O3. The minimum atomic E-state index is -1.14. The van der Waals surface area contributed by atoms with Crippen molar-refractivity contribution in [1.29, 1.82) is 0 Å². The average Bonchev–Trinajstić information content (AvgIpc) is 2.30. The quantitative estimate of drug-likeness (QED) is 0.737. The largest absolute Gasteiger partial charge is 0.393 e. The van der Waals surface area contributed by atoms with E-state index in [1.807, 2.05) is 0 Å². The van der Waals surface area contributed by atoms with E-state index >= 15 is 0 Å². The monoisotopic (exact) mass is 250 g/mol. The first-order valence-electron chi connectivity index (χ1n) is 6.59. The van der Waals surface area contributed by atoms with Crippen molar-refractivity contribution in [1.82, 2.24) is 0 Å². The van der Waals surface area contributed by atoms with Gasteiger partial charge in [-0.15, -0.1) is 0 Å². The van der Waals surface area contributed by atoms with E-state index in [-0.39, 0.29) is 23.7 Å². The lowest BCUT2D eigenvalue weighted by Gasteiger charge is -2.44. The van der Waals surface area contributed by atoms with Gasteiger partial charge in [-0.1, -0.05) is 25.5 Å². The van der Waals surface area contributed by atoms with Gasteiger partial charge in [0.25, 0.3) is 0 Å². The number of aliphatic hydroxyl groups is 2. The van der Waals surface area contributed by atoms with Crippen LogP contribution in [0.25, 0.3) is 0 Å². The Morgan fingerprint density at radius 3 is 2.78 bits per heavy atom. The van der Waals surface area contributed by atoms with Crippen LogP contribution in [0.2, 0.25) is 0 Å². The number of allylic oxidation sites excluding steroid dienone is 3. The number of rotatable bonds is 2. The van der Waals surface area contributed by atoms with Crippen LogP contribution >= 0.6 is 0 Å². The van der Waals surface area contributed by atoms with Gasteiger partial charge in [-0.25, -0.2) is 0 Å². The summed E-state index contributed by atoms with van der Waals surface area (Å²) in [4.78, 5) is 11.6. The molecule has 0 heterocycles. The predicted octanol–water partition coefficient (Wildman–Crippen LogP) is 1.99. The fourth-order valence-corrected chi connectivity index (χ4v) is 3.05. The molecule has 2 aliphatic carbocycles. The smallest absolute Gasteiger partial charge is 0.155 e. The summed E-state index contributed by atoms with van der Waals surface area (Å²) in [5, 5.41) is 19.5. The van der Waals surface area contributed by atoms with Crippen LogP contribution in [0.5, 0.6) is 0 Å². The molecule has 0 saturated heterocycles. The number of carbonyl (C=O) groups is 1. The van der Waals surface area contributed by atoms with Crippen molar-refractivity contribution in [2.24, 2.45) is 11.3 Å². The fourth-order valence-electron chi connectivity index (χ4n) is 3.05. The molecule has 100 valence electrons. The van der Waals surface area contributed by atoms with E-state index in [0.29, 0.717) is 6.42 Å². The highest BCUT2D eigenvalue weighted by molar-refractivity contribution is 5.92. The summed E-state index contributed by atoms with van der Waals surface area (Å²) in [7, 11) is 0. The van der Waals surface area contributed by atoms with E-state index in [2.05, 4.69) is 19.9 Å². The topological polar surface area (TPSA) is 57.5 Å². The third kappa shape index (κ3) is 2.06. The Bertz CT molecular complexity index is 431. The molecule has 0 aliphatic heterocycles. The van der Waals surface area contributed by atoms with Crippen molar-refractivity contribution in [2.75, 3.05) is 6.61 Å². The van der Waals surface area contributed by atoms with Crippen LogP contribution in [-0.2, 0) is 4.79 Å². The zero-order valence-corrected chi connectivity index (χ0v) is 11.4. The molecule has 2 aliphatic rings. The first-order valence-corrected chi connectivity index (χ1v) is 6.59. The highest BCUT2D eigenvalue weighted by Crippen LogP contribution is 2.49. The van der Waals surface area contributed by atoms with E-state index in [1.54, 1.807) is 13.0 Å². The van der Waals surface area contributed by atoms with Gasteiger partial charge in [-0.3, -0.25) is 4.79 Å². The minimum Gasteiger partial charge on any atom is -0.393 e. The van der Waals surface area contributed by atoms with Crippen LogP contribution < -0.4 is 0 Å². The maximum atomic E-state index is 11.6. The molecule has 0 aromatic carbocycles. The van der Waals surface area contributed by atoms with Crippen LogP contribution in [0.4, 0.5) is 0 Å². The van der Waals surface area contributed by atoms with Gasteiger partial charge in [0.1, 0.15) is 5.60 Å². The zero-order chi connectivity index (χ0) is 13.6. The molecule has 3 nitrogen and oxygen atoms in total. The summed E-state index contributed by atoms with van der Waals surface area (Å²) in [5.41, 5.74) is 0.769. The molecule has 0 aromatic rings. The average molecular weight is 250 g/mol. The maximum Gasteiger partial charge on any atom is 0.155 e. The van der Waals surface area contributed by atoms with E-state index < -0.39 is 5.60 Å². The van der Waals surface area contributed by atoms with Gasteiger partial charge in [-0.2, -0.15) is 0 Å². The second-order valence-corrected chi connectivity index (χ2v) is 6.13. The summed E-state index contributed by atoms with van der Waals surface area (Å²) >= 11 is 0. The minimum absolute atomic E-state index is 0.152. The normalized spacial score (nSPS) is 35.4. The summed E-state index contributed by atoms with van der Waals surface area (Å²) in [5.74, 6) is 0.454. The van der Waals surface area contributed by atoms with Crippen molar-refractivity contribution >= 4 is 5.78 Å². The van der Waals surface area contributed by atoms with Crippen LogP contribution in [0.3, 0.4) is 0 Å². The van der Waals surface area contributed by atoms with E-state index in [9.17, 15) is 15.0 Å². The Kier molecular flexibility index (Phi) is 3.24. The van der Waals surface area contributed by atoms with Crippen LogP contribution in [0.15, 0.2) is 23.3 Å². The summed E-state index contributed by atoms with van der Waals surface area (Å²) in [6, 6.07) is 0. The number of ketones is 1. The van der Waals surface area contributed by atoms with Gasteiger partial charge < -0.3 is 10.2 Å². The van der Waals surface area contributed by atoms with Crippen molar-refractivity contribution < 1.29 is 15.0 Å². The van der Waals surface area contributed by atoms with Gasteiger partial charge in [-0.05, 0) is 37.3 Å². The van der Waals surface area contributed by atoms with E-state index in [4.69, 9.17) is 0 Å². The Labute approximate surface area is 108 Å². The van der Waals surface area contributed by atoms with Gasteiger partial charge in [0, 0.05) is 11.8 Å². The van der Waals surface area contributed by atoms with Crippen molar-refractivity contribution in [2.45, 2.75) is 45.6 Å². The summed E-state index contributed by atoms with van der Waals surface area (Å²) < 4.78 is 0. The standard InChI is InChI=1S/C15H22O3/c1-10-6-13(17)7-11-4-5-12(8-14(10,11)2)15(3,18)9-16/h7-8,10,16,18H,4-6,9H2,1-3H3. The molecule has 2 rings (SSSR count). The zero-order valence-electron chi connectivity index (χ0n) is 11.4. The lowest BCUT2D eigenvalue weighted by Crippen LogP contribution is -2.39. The first-order chi connectivity index (χ1) is 8.29. The number of hydrogen-bond donors (Lipinski definition) is 2. The molecule has 3 atom stereocenters. The van der Waals surface area contributed by atoms with Gasteiger partial charge in [0.15, 0.2) is 5.78 Å². The molecule has 0 spiro atoms. The Morgan fingerprint density at radius 2 is 2.17 bits per heavy atom. The van der Waals surface area contributed by atoms with E-state index in [0.717, 1.165) is 18.4 Å². The third-order valence-electron chi connectivity index (χ3n) is 4.70. The molecule has 3 heteroatoms. The molecule has 3 unspecified atom stereocenters. The predicted molar refractivity (Wildman–Crippen MR) is 70.0 cm³/mol. The summed E-state index contributed by atoms with van der Waals surface area (Å²) in [6.45, 7) is 5.59. The van der Waals surface area contributed by atoms with Crippen LogP contribution in [0, 0.1) is 11.3 Å². The van der Waals surface area contributed by atoms with E-state index in [1.165, 1.54) is 5.57 Å². The highest BCUT2D eigenvalue weighted by atomic mass is 16.3. The number of hydrogen-bond acceptors (Lipinski definition) is 3. The molecule has 0 bridgehead atoms. The van der Waals surface area contributed by atoms with Crippen molar-refractivity contribution in [3.63, 3.8) is 0 Å². The van der Waals surface area contributed by atoms with Crippen molar-refractivity contribution in [3.05, 3.63) is 23.3 Å². The number of aliphatic hydroxyl groups excluding tert-OH is 1. The second-order valence-electron chi connectivity index (χ2n) is 6.13. The molecule has 0 amide bonds. The second kappa shape index (κ2) is 4.32. The number of fused-ring (bicyclic) bond motifs is 1. The SMILES string of the molecule is CC1CC(=O)C=C2CCC(C(C)(O)CO)=CC21C. The van der Waals surface area contributed by atoms with Crippen molar-refractivity contribution in [3.8, 4) is 0 Å². The molecule has 0 saturated carbocycles. The van der Waals surface area contributed by atoms with Gasteiger partial charge >= 0.3 is 0 Å². The van der Waals surface area contributed by atoms with Crippen LogP contribution in [-0.4, -0.2) is 28.2 Å². The third-order valence-corrected chi connectivity index (χ3v) is 4.70. The molecule has 0 aromatic heterocycles. The number of carbonyl (C=O) groups excluding carboxylic acids is 1. The van der Waals surface area contributed by atoms with Gasteiger partial charge in [0.05, 0.1) is 6.61 Å². The summed E-state index contributed by atoms with van der Waals surface area (Å²) in [6.07, 6.45) is 5.94. The van der Waals surface area contributed by atoms with Crippen LogP contribution in [0.1, 0.15) is 40.0 Å². The Morgan fingerprint density at radius 1 is 1.50 bits per heavy atom. The lowest BCUT2D eigenvalue weighted by molar-refractivity contribution is -0.116. The Hall–Kier alpha value is -0.930. The van der Waals surface area contributed by atoms with Gasteiger partial charge in [0.2, 0.25) is 0 Å². The molecule has 2 N–H and O–H groups in total. The lowest BCUT2D eigenvalue weighted by atomic mass is 9.61. The highest BCUT2D eigenvalue weighted by Gasteiger charge is 2.42. The molecular weight excluding hydrogens is 228 g/mol.